The van der Waals surface area contributed by atoms with Crippen LogP contribution in [-0.4, -0.2) is 44.1 Å². The van der Waals surface area contributed by atoms with E-state index in [1.165, 1.54) is 0 Å². The van der Waals surface area contributed by atoms with Gasteiger partial charge in [0, 0.05) is 18.2 Å². The molecule has 3 atom stereocenters. The molecular weight excluding hydrogens is 450 g/mol. The Kier molecular flexibility index (Phi) is 5.78. The molecule has 0 radical (unpaired) electrons. The molecule has 8 heteroatoms. The average Bonchev–Trinajstić information content (AvgIpc) is 3.34. The predicted molar refractivity (Wildman–Crippen MR) is 129 cm³/mol. The van der Waals surface area contributed by atoms with E-state index in [-0.39, 0.29) is 29.5 Å². The Labute approximate surface area is 199 Å². The van der Waals surface area contributed by atoms with Gasteiger partial charge in [-0.1, -0.05) is 18.2 Å². The first-order chi connectivity index (χ1) is 16.5. The molecule has 2 heterocycles. The lowest BCUT2D eigenvalue weighted by Crippen LogP contribution is -2.42. The van der Waals surface area contributed by atoms with Crippen LogP contribution in [0.15, 0.2) is 71.6 Å². The van der Waals surface area contributed by atoms with Gasteiger partial charge in [-0.25, -0.2) is 8.42 Å². The quantitative estimate of drug-likeness (QED) is 0.582. The van der Waals surface area contributed by atoms with Gasteiger partial charge in [-0.15, -0.1) is 0 Å². The maximum atomic E-state index is 13.7. The Morgan fingerprint density at radius 3 is 2.44 bits per heavy atom. The van der Waals surface area contributed by atoms with Crippen molar-refractivity contribution in [2.75, 3.05) is 25.6 Å². The molecule has 2 aliphatic rings. The zero-order chi connectivity index (χ0) is 23.9. The topological polar surface area (TPSA) is 103 Å². The summed E-state index contributed by atoms with van der Waals surface area (Å²) in [4.78, 5) is 0.220. The number of hydrogen-bond acceptors (Lipinski definition) is 6. The Morgan fingerprint density at radius 1 is 1.09 bits per heavy atom. The average molecular weight is 476 g/mol. The van der Waals surface area contributed by atoms with Crippen LogP contribution in [0.25, 0.3) is 11.1 Å². The molecule has 2 N–H and O–H groups in total. The molecule has 2 aliphatic heterocycles. The molecule has 0 bridgehead atoms. The number of fused-ring (bicyclic) bond motifs is 3. The van der Waals surface area contributed by atoms with Gasteiger partial charge >= 0.3 is 0 Å². The standard InChI is InChI=1S/C26H25N3O4S/c1-33-20-7-9-21(10-8-20)34(31,32)29-13-12-22-25(16-30)28-24-11-6-19(14-23(24)26(22)29)18-4-2-17(15-27)3-5-18/h2-11,14,22,25-26,28,30H,12-13,16H2,1H3/t22-,25+,26-/m0/s1. The molecule has 0 amide bonds. The predicted octanol–water partition coefficient (Wildman–Crippen LogP) is 3.77. The summed E-state index contributed by atoms with van der Waals surface area (Å²) in [6, 6.07) is 21.2. The van der Waals surface area contributed by atoms with Crippen molar-refractivity contribution >= 4 is 15.7 Å². The minimum atomic E-state index is -3.76. The van der Waals surface area contributed by atoms with Crippen LogP contribution in [0.2, 0.25) is 0 Å². The van der Waals surface area contributed by atoms with Crippen LogP contribution in [0.3, 0.4) is 0 Å². The van der Waals surface area contributed by atoms with Crippen molar-refractivity contribution in [2.24, 2.45) is 5.92 Å². The maximum Gasteiger partial charge on any atom is 0.243 e. The van der Waals surface area contributed by atoms with Gasteiger partial charge in [-0.05, 0) is 71.6 Å². The molecule has 7 nitrogen and oxygen atoms in total. The number of nitrogens with one attached hydrogen (secondary N) is 1. The number of aliphatic hydroxyl groups excluding tert-OH is 1. The Hall–Kier alpha value is -3.38. The van der Waals surface area contributed by atoms with Gasteiger partial charge in [-0.2, -0.15) is 9.57 Å². The number of anilines is 1. The van der Waals surface area contributed by atoms with Gasteiger partial charge < -0.3 is 15.2 Å². The number of sulfonamides is 1. The van der Waals surface area contributed by atoms with E-state index < -0.39 is 10.0 Å². The summed E-state index contributed by atoms with van der Waals surface area (Å²) in [5.74, 6) is 0.541. The minimum absolute atomic E-state index is 0.0539. The van der Waals surface area contributed by atoms with Gasteiger partial charge in [-0.3, -0.25) is 0 Å². The fraction of sp³-hybridized carbons (Fsp3) is 0.269. The van der Waals surface area contributed by atoms with E-state index in [1.54, 1.807) is 47.8 Å². The zero-order valence-corrected chi connectivity index (χ0v) is 19.5. The largest absolute Gasteiger partial charge is 0.497 e. The molecule has 0 aromatic heterocycles. The summed E-state index contributed by atoms with van der Waals surface area (Å²) in [6.07, 6.45) is 0.652. The molecule has 3 aromatic carbocycles. The lowest BCUT2D eigenvalue weighted by molar-refractivity contribution is 0.210. The lowest BCUT2D eigenvalue weighted by Gasteiger charge is -2.39. The molecule has 174 valence electrons. The molecule has 0 saturated carbocycles. The van der Waals surface area contributed by atoms with E-state index >= 15 is 0 Å². The molecule has 3 aromatic rings. The molecule has 0 unspecified atom stereocenters. The van der Waals surface area contributed by atoms with E-state index in [2.05, 4.69) is 11.4 Å². The van der Waals surface area contributed by atoms with Crippen LogP contribution in [0.1, 0.15) is 23.6 Å². The van der Waals surface area contributed by atoms with E-state index in [0.717, 1.165) is 22.4 Å². The summed E-state index contributed by atoms with van der Waals surface area (Å²) in [6.45, 7) is 0.302. The van der Waals surface area contributed by atoms with Crippen LogP contribution in [0, 0.1) is 17.2 Å². The first-order valence-electron chi connectivity index (χ1n) is 11.1. The third-order valence-electron chi connectivity index (χ3n) is 6.84. The van der Waals surface area contributed by atoms with Gasteiger partial charge in [0.1, 0.15) is 5.75 Å². The second-order valence-electron chi connectivity index (χ2n) is 8.61. The minimum Gasteiger partial charge on any atom is -0.497 e. The highest BCUT2D eigenvalue weighted by atomic mass is 32.2. The number of hydrogen-bond donors (Lipinski definition) is 2. The maximum absolute atomic E-state index is 13.7. The molecule has 1 fully saturated rings. The van der Waals surface area contributed by atoms with E-state index in [4.69, 9.17) is 10.00 Å². The fourth-order valence-corrected chi connectivity index (χ4v) is 6.76. The molecule has 1 saturated heterocycles. The number of methoxy groups -OCH3 is 1. The van der Waals surface area contributed by atoms with E-state index in [1.807, 2.05) is 30.3 Å². The summed E-state index contributed by atoms with van der Waals surface area (Å²) >= 11 is 0. The Balaban J connectivity index is 1.58. The molecule has 0 spiro atoms. The van der Waals surface area contributed by atoms with Gasteiger partial charge in [0.25, 0.3) is 0 Å². The fourth-order valence-electron chi connectivity index (χ4n) is 5.09. The third kappa shape index (κ3) is 3.72. The molecule has 0 aliphatic carbocycles. The van der Waals surface area contributed by atoms with Crippen LogP contribution >= 0.6 is 0 Å². The highest BCUT2D eigenvalue weighted by Gasteiger charge is 2.48. The van der Waals surface area contributed by atoms with Gasteiger partial charge in [0.2, 0.25) is 10.0 Å². The third-order valence-corrected chi connectivity index (χ3v) is 8.73. The Bertz CT molecular complexity index is 1350. The first kappa shape index (κ1) is 22.4. The smallest absolute Gasteiger partial charge is 0.243 e. The molecular formula is C26H25N3O4S. The van der Waals surface area contributed by atoms with Crippen LogP contribution in [0.5, 0.6) is 5.75 Å². The van der Waals surface area contributed by atoms with Crippen LogP contribution in [0.4, 0.5) is 5.69 Å². The normalized spacial score (nSPS) is 21.7. The number of aliphatic hydroxyl groups is 1. The second-order valence-corrected chi connectivity index (χ2v) is 10.5. The lowest BCUT2D eigenvalue weighted by atomic mass is 9.82. The van der Waals surface area contributed by atoms with Gasteiger partial charge in [0.15, 0.2) is 0 Å². The van der Waals surface area contributed by atoms with E-state index in [9.17, 15) is 13.5 Å². The van der Waals surface area contributed by atoms with Crippen LogP contribution in [-0.2, 0) is 10.0 Å². The zero-order valence-electron chi connectivity index (χ0n) is 18.7. The SMILES string of the molecule is COc1ccc(S(=O)(=O)N2CC[C@@H]3[C@H]2c2cc(-c4ccc(C#N)cc4)ccc2N[C@@H]3CO)cc1. The molecule has 34 heavy (non-hydrogen) atoms. The number of ether oxygens (including phenoxy) is 1. The summed E-state index contributed by atoms with van der Waals surface area (Å²) in [5.41, 5.74) is 4.20. The summed E-state index contributed by atoms with van der Waals surface area (Å²) in [5, 5.41) is 22.5. The first-order valence-corrected chi connectivity index (χ1v) is 12.6. The highest BCUT2D eigenvalue weighted by Crippen LogP contribution is 2.49. The van der Waals surface area contributed by atoms with Crippen molar-refractivity contribution in [1.29, 1.82) is 5.26 Å². The van der Waals surface area contributed by atoms with Crippen molar-refractivity contribution in [3.63, 3.8) is 0 Å². The van der Waals surface area contributed by atoms with E-state index in [0.29, 0.717) is 24.3 Å². The van der Waals surface area contributed by atoms with Crippen LogP contribution < -0.4 is 10.1 Å². The monoisotopic (exact) mass is 475 g/mol. The number of nitriles is 1. The number of rotatable bonds is 5. The van der Waals surface area contributed by atoms with Gasteiger partial charge in [0.05, 0.1) is 42.3 Å². The number of nitrogens with zero attached hydrogens (tertiary/aromatic N) is 2. The van der Waals surface area contributed by atoms with Crippen molar-refractivity contribution in [3.8, 4) is 22.9 Å². The van der Waals surface area contributed by atoms with Crippen molar-refractivity contribution in [1.82, 2.24) is 4.31 Å². The van der Waals surface area contributed by atoms with Crippen molar-refractivity contribution in [3.05, 3.63) is 77.9 Å². The molecule has 5 rings (SSSR count). The summed E-state index contributed by atoms with van der Waals surface area (Å²) < 4.78 is 34.1. The highest BCUT2D eigenvalue weighted by molar-refractivity contribution is 7.89. The van der Waals surface area contributed by atoms with Crippen molar-refractivity contribution in [2.45, 2.75) is 23.4 Å². The summed E-state index contributed by atoms with van der Waals surface area (Å²) in [7, 11) is -2.22. The number of benzene rings is 3. The second kappa shape index (κ2) is 8.76. The van der Waals surface area contributed by atoms with Crippen molar-refractivity contribution < 1.29 is 18.3 Å². The Morgan fingerprint density at radius 2 is 1.79 bits per heavy atom.